The van der Waals surface area contributed by atoms with Crippen molar-refractivity contribution in [2.45, 2.75) is 38.2 Å². The highest BCUT2D eigenvalue weighted by Gasteiger charge is 2.27. The molecule has 0 saturated carbocycles. The molecule has 1 aromatic carbocycles. The van der Waals surface area contributed by atoms with Crippen LogP contribution < -0.4 is 4.90 Å². The molecule has 182 valence electrons. The zero-order chi connectivity index (χ0) is 24.1. The maximum atomic E-state index is 12.4. The number of carbonyl (C=O) groups is 1. The number of amidine groups is 1. The van der Waals surface area contributed by atoms with Gasteiger partial charge in [0.05, 0.1) is 21.5 Å². The van der Waals surface area contributed by atoms with Gasteiger partial charge in [-0.1, -0.05) is 28.9 Å². The Morgan fingerprint density at radius 2 is 2.12 bits per heavy atom. The van der Waals surface area contributed by atoms with Crippen LogP contribution in [-0.2, 0) is 9.57 Å². The molecule has 1 aromatic heterocycles. The molecule has 2 aliphatic rings. The number of hydrogen-bond donors (Lipinski definition) is 1. The molecule has 0 aliphatic carbocycles. The van der Waals surface area contributed by atoms with Gasteiger partial charge >= 0.3 is 0 Å². The van der Waals surface area contributed by atoms with Crippen LogP contribution in [0.2, 0.25) is 4.34 Å². The number of likely N-dealkylation sites (tertiary alicyclic amines) is 1. The lowest BCUT2D eigenvalue weighted by atomic mass is 9.98. The predicted molar refractivity (Wildman–Crippen MR) is 138 cm³/mol. The highest BCUT2D eigenvalue weighted by atomic mass is 35.5. The molecule has 1 saturated heterocycles. The number of anilines is 1. The topological polar surface area (TPSA) is 78.2 Å². The number of methoxy groups -OCH3 is 1. The number of thiophene rings is 1. The molecule has 1 unspecified atom stereocenters. The number of hydrogen-bond acceptors (Lipinski definition) is 7. The molecule has 1 atom stereocenters. The van der Waals surface area contributed by atoms with Gasteiger partial charge in [0.1, 0.15) is 11.9 Å². The van der Waals surface area contributed by atoms with Crippen molar-refractivity contribution < 1.29 is 14.4 Å². The lowest BCUT2D eigenvalue weighted by molar-refractivity contribution is 0.0720. The number of carbonyl (C=O) groups excluding carboxylic acids is 1. The number of likely N-dealkylation sites (N-methyl/N-ethyl adjacent to an activating group) is 1. The molecule has 4 rings (SSSR count). The van der Waals surface area contributed by atoms with Crippen molar-refractivity contribution in [2.24, 2.45) is 5.16 Å². The normalized spacial score (nSPS) is 17.6. The zero-order valence-electron chi connectivity index (χ0n) is 19.7. The van der Waals surface area contributed by atoms with Gasteiger partial charge in [-0.25, -0.2) is 0 Å². The number of oxime groups is 1. The molecule has 0 bridgehead atoms. The third-order valence-corrected chi connectivity index (χ3v) is 7.59. The molecular formula is C25H31ClN4O3S. The van der Waals surface area contributed by atoms with Gasteiger partial charge in [-0.3, -0.25) is 10.2 Å². The van der Waals surface area contributed by atoms with Crippen LogP contribution in [0.4, 0.5) is 5.69 Å². The minimum absolute atomic E-state index is 0.0821. The van der Waals surface area contributed by atoms with Gasteiger partial charge in [0, 0.05) is 63.4 Å². The van der Waals surface area contributed by atoms with E-state index in [1.807, 2.05) is 19.2 Å². The summed E-state index contributed by atoms with van der Waals surface area (Å²) in [5.74, 6) is 0.652. The summed E-state index contributed by atoms with van der Waals surface area (Å²) >= 11 is 7.26. The van der Waals surface area contributed by atoms with E-state index in [1.54, 1.807) is 19.2 Å². The Hall–Kier alpha value is -2.42. The number of rotatable bonds is 10. The van der Waals surface area contributed by atoms with Gasteiger partial charge in [-0.2, -0.15) is 0 Å². The van der Waals surface area contributed by atoms with Crippen LogP contribution in [0.15, 0.2) is 35.5 Å². The monoisotopic (exact) mass is 502 g/mol. The van der Waals surface area contributed by atoms with Crippen LogP contribution in [0.5, 0.6) is 0 Å². The van der Waals surface area contributed by atoms with E-state index in [2.05, 4.69) is 21.0 Å². The third-order valence-electron chi connectivity index (χ3n) is 6.32. The molecule has 1 fully saturated rings. The first kappa shape index (κ1) is 24.7. The Morgan fingerprint density at radius 3 is 2.82 bits per heavy atom. The van der Waals surface area contributed by atoms with Crippen LogP contribution in [-0.4, -0.2) is 68.7 Å². The Labute approximate surface area is 209 Å². The molecule has 34 heavy (non-hydrogen) atoms. The Kier molecular flexibility index (Phi) is 8.24. The third kappa shape index (κ3) is 5.79. The fraction of sp³-hybridized carbons (Fsp3) is 0.480. The van der Waals surface area contributed by atoms with Crippen molar-refractivity contribution in [3.63, 3.8) is 0 Å². The second kappa shape index (κ2) is 11.3. The summed E-state index contributed by atoms with van der Waals surface area (Å²) in [4.78, 5) is 23.1. The molecule has 2 aromatic rings. The SMILES string of the molecule is COCCN(C)c1cc(C(=N)N2CCCC2)ccc1C1=NOC(CCC(=O)c2ccc(Cl)s2)C1. The highest BCUT2D eigenvalue weighted by molar-refractivity contribution is 7.18. The van der Waals surface area contributed by atoms with Crippen molar-refractivity contribution in [3.05, 3.63) is 50.7 Å². The van der Waals surface area contributed by atoms with Crippen molar-refractivity contribution in [3.8, 4) is 0 Å². The molecule has 3 heterocycles. The van der Waals surface area contributed by atoms with E-state index in [9.17, 15) is 4.79 Å². The first-order valence-corrected chi connectivity index (χ1v) is 12.9. The van der Waals surface area contributed by atoms with Crippen LogP contribution in [0.3, 0.4) is 0 Å². The highest BCUT2D eigenvalue weighted by Crippen LogP contribution is 2.30. The van der Waals surface area contributed by atoms with Crippen molar-refractivity contribution in [1.29, 1.82) is 5.41 Å². The van der Waals surface area contributed by atoms with E-state index in [0.717, 1.165) is 55.0 Å². The number of nitrogens with zero attached hydrogens (tertiary/aromatic N) is 3. The van der Waals surface area contributed by atoms with Crippen LogP contribution >= 0.6 is 22.9 Å². The summed E-state index contributed by atoms with van der Waals surface area (Å²) in [6, 6.07) is 9.65. The second-order valence-electron chi connectivity index (χ2n) is 8.72. The summed E-state index contributed by atoms with van der Waals surface area (Å²) in [5, 5.41) is 13.1. The van der Waals surface area contributed by atoms with Gasteiger partial charge in [0.25, 0.3) is 0 Å². The van der Waals surface area contributed by atoms with Gasteiger partial charge in [-0.05, 0) is 37.5 Å². The quantitative estimate of drug-likeness (QED) is 0.279. The van der Waals surface area contributed by atoms with E-state index >= 15 is 0 Å². The molecule has 0 amide bonds. The van der Waals surface area contributed by atoms with Crippen molar-refractivity contribution in [2.75, 3.05) is 45.3 Å². The largest absolute Gasteiger partial charge is 0.392 e. The summed E-state index contributed by atoms with van der Waals surface area (Å²) in [7, 11) is 3.72. The maximum absolute atomic E-state index is 12.4. The van der Waals surface area contributed by atoms with Crippen LogP contribution in [0, 0.1) is 5.41 Å². The lowest BCUT2D eigenvalue weighted by Gasteiger charge is -2.25. The van der Waals surface area contributed by atoms with E-state index in [-0.39, 0.29) is 11.9 Å². The molecule has 9 heteroatoms. The summed E-state index contributed by atoms with van der Waals surface area (Å²) in [6.07, 6.45) is 3.79. The summed E-state index contributed by atoms with van der Waals surface area (Å²) < 4.78 is 5.90. The second-order valence-corrected chi connectivity index (χ2v) is 10.4. The van der Waals surface area contributed by atoms with Gasteiger partial charge in [0.15, 0.2) is 5.78 Å². The number of ketones is 1. The molecule has 1 N–H and O–H groups in total. The smallest absolute Gasteiger partial charge is 0.172 e. The number of Topliss-reactive ketones (excluding diaryl/α,β-unsaturated/α-hetero) is 1. The number of ether oxygens (including phenoxy) is 1. The van der Waals surface area contributed by atoms with E-state index in [0.29, 0.717) is 40.9 Å². The fourth-order valence-electron chi connectivity index (χ4n) is 4.33. The first-order chi connectivity index (χ1) is 16.5. The zero-order valence-corrected chi connectivity index (χ0v) is 21.3. The average molecular weight is 503 g/mol. The predicted octanol–water partition coefficient (Wildman–Crippen LogP) is 5.06. The fourth-order valence-corrected chi connectivity index (χ4v) is 5.34. The summed E-state index contributed by atoms with van der Waals surface area (Å²) in [6.45, 7) is 3.20. The molecular weight excluding hydrogens is 472 g/mol. The Bertz CT molecular complexity index is 1060. The number of nitrogens with one attached hydrogen (secondary N) is 1. The lowest BCUT2D eigenvalue weighted by Crippen LogP contribution is -2.29. The Balaban J connectivity index is 1.46. The molecule has 0 radical (unpaired) electrons. The maximum Gasteiger partial charge on any atom is 0.172 e. The molecule has 2 aliphatic heterocycles. The van der Waals surface area contributed by atoms with Crippen LogP contribution in [0.1, 0.15) is 52.9 Å². The minimum Gasteiger partial charge on any atom is -0.392 e. The average Bonchev–Trinajstić information content (AvgIpc) is 3.62. The minimum atomic E-state index is -0.130. The van der Waals surface area contributed by atoms with Gasteiger partial charge in [0.2, 0.25) is 0 Å². The molecule has 0 spiro atoms. The Morgan fingerprint density at radius 1 is 1.32 bits per heavy atom. The van der Waals surface area contributed by atoms with Gasteiger partial charge < -0.3 is 19.4 Å². The van der Waals surface area contributed by atoms with E-state index in [4.69, 9.17) is 26.6 Å². The van der Waals surface area contributed by atoms with Crippen molar-refractivity contribution in [1.82, 2.24) is 4.90 Å². The van der Waals surface area contributed by atoms with Crippen LogP contribution in [0.25, 0.3) is 0 Å². The van der Waals surface area contributed by atoms with E-state index < -0.39 is 0 Å². The van der Waals surface area contributed by atoms with Crippen molar-refractivity contribution >= 4 is 46.0 Å². The van der Waals surface area contributed by atoms with Gasteiger partial charge in [-0.15, -0.1) is 11.3 Å². The summed E-state index contributed by atoms with van der Waals surface area (Å²) in [5.41, 5.74) is 3.78. The standard InChI is InChI=1S/C25H31ClN4O3S/c1-29(13-14-32-2)21-15-17(25(27)30-11-3-4-12-30)5-7-19(21)20-16-18(33-28-20)6-8-22(31)23-9-10-24(26)34-23/h5,7,9-10,15,18,27H,3-4,6,8,11-14,16H2,1-2H3. The first-order valence-electron chi connectivity index (χ1n) is 11.7. The number of halogens is 1. The number of benzene rings is 1. The molecule has 7 nitrogen and oxygen atoms in total. The van der Waals surface area contributed by atoms with E-state index in [1.165, 1.54) is 11.3 Å².